The van der Waals surface area contributed by atoms with Crippen LogP contribution >= 0.6 is 11.6 Å². The maximum Gasteiger partial charge on any atom is 0.261 e. The van der Waals surface area contributed by atoms with Crippen molar-refractivity contribution in [3.63, 3.8) is 0 Å². The van der Waals surface area contributed by atoms with Crippen LogP contribution in [0.1, 0.15) is 16.1 Å². The fourth-order valence-corrected chi connectivity index (χ4v) is 1.78. The number of benzene rings is 1. The van der Waals surface area contributed by atoms with E-state index < -0.39 is 11.7 Å². The van der Waals surface area contributed by atoms with Crippen LogP contribution in [0.25, 0.3) is 0 Å². The molecular formula is C13H10ClFN2O2. The van der Waals surface area contributed by atoms with Crippen LogP contribution in [0.15, 0.2) is 36.4 Å². The number of hydrogen-bond acceptors (Lipinski definition) is 3. The summed E-state index contributed by atoms with van der Waals surface area (Å²) < 4.78 is 13.5. The van der Waals surface area contributed by atoms with Gasteiger partial charge in [-0.15, -0.1) is 0 Å². The second kappa shape index (κ2) is 5.77. The highest BCUT2D eigenvalue weighted by molar-refractivity contribution is 6.34. The van der Waals surface area contributed by atoms with Crippen LogP contribution in [0.3, 0.4) is 0 Å². The Balaban J connectivity index is 2.26. The Labute approximate surface area is 113 Å². The molecule has 0 unspecified atom stereocenters. The number of rotatable bonds is 3. The number of amides is 1. The summed E-state index contributed by atoms with van der Waals surface area (Å²) in [4.78, 5) is 15.9. The van der Waals surface area contributed by atoms with Crippen LogP contribution in [0.2, 0.25) is 5.02 Å². The van der Waals surface area contributed by atoms with Crippen molar-refractivity contribution < 1.29 is 14.3 Å². The predicted octanol–water partition coefficient (Wildman–Crippen LogP) is 2.62. The summed E-state index contributed by atoms with van der Waals surface area (Å²) in [6, 6.07) is 8.75. The Morgan fingerprint density at radius 2 is 2.05 bits per heavy atom. The number of nitrogens with zero attached hydrogens (tertiary/aromatic N) is 1. The number of aliphatic hydroxyl groups is 1. The van der Waals surface area contributed by atoms with Gasteiger partial charge in [-0.05, 0) is 24.3 Å². The van der Waals surface area contributed by atoms with E-state index >= 15 is 0 Å². The van der Waals surface area contributed by atoms with Gasteiger partial charge in [0.15, 0.2) is 0 Å². The molecule has 6 heteroatoms. The topological polar surface area (TPSA) is 62.2 Å². The minimum absolute atomic E-state index is 0.0239. The summed E-state index contributed by atoms with van der Waals surface area (Å²) in [6.45, 7) is -0.246. The van der Waals surface area contributed by atoms with Crippen molar-refractivity contribution in [3.05, 3.63) is 58.5 Å². The van der Waals surface area contributed by atoms with Gasteiger partial charge in [-0.25, -0.2) is 9.37 Å². The molecule has 19 heavy (non-hydrogen) atoms. The van der Waals surface area contributed by atoms with Crippen molar-refractivity contribution in [2.24, 2.45) is 0 Å². The predicted molar refractivity (Wildman–Crippen MR) is 69.5 cm³/mol. The third-order valence-corrected chi connectivity index (χ3v) is 2.72. The third-order valence-electron chi connectivity index (χ3n) is 2.40. The van der Waals surface area contributed by atoms with E-state index in [1.165, 1.54) is 18.2 Å². The normalized spacial score (nSPS) is 10.3. The summed E-state index contributed by atoms with van der Waals surface area (Å²) in [6.07, 6.45) is 0. The van der Waals surface area contributed by atoms with Gasteiger partial charge in [-0.1, -0.05) is 23.7 Å². The zero-order valence-corrected chi connectivity index (χ0v) is 10.5. The summed E-state index contributed by atoms with van der Waals surface area (Å²) in [5, 5.41) is 11.4. The lowest BCUT2D eigenvalue weighted by Gasteiger charge is -2.07. The molecule has 2 aromatic rings. The van der Waals surface area contributed by atoms with Gasteiger partial charge < -0.3 is 10.4 Å². The van der Waals surface area contributed by atoms with Gasteiger partial charge in [-0.2, -0.15) is 0 Å². The summed E-state index contributed by atoms with van der Waals surface area (Å²) in [7, 11) is 0. The molecule has 0 fully saturated rings. The zero-order chi connectivity index (χ0) is 13.8. The quantitative estimate of drug-likeness (QED) is 0.908. The average molecular weight is 281 g/mol. The SMILES string of the molecule is O=C(Nc1cccc(CO)n1)c1c(F)cccc1Cl. The smallest absolute Gasteiger partial charge is 0.261 e. The number of aromatic nitrogens is 1. The van der Waals surface area contributed by atoms with E-state index in [-0.39, 0.29) is 23.0 Å². The van der Waals surface area contributed by atoms with Gasteiger partial charge in [0.1, 0.15) is 11.6 Å². The van der Waals surface area contributed by atoms with Crippen LogP contribution in [-0.2, 0) is 6.61 Å². The van der Waals surface area contributed by atoms with E-state index in [9.17, 15) is 9.18 Å². The first-order chi connectivity index (χ1) is 9.11. The first kappa shape index (κ1) is 13.5. The van der Waals surface area contributed by atoms with E-state index in [0.717, 1.165) is 6.07 Å². The molecule has 0 spiro atoms. The first-order valence-corrected chi connectivity index (χ1v) is 5.82. The first-order valence-electron chi connectivity index (χ1n) is 5.44. The van der Waals surface area contributed by atoms with Crippen molar-refractivity contribution in [1.82, 2.24) is 4.98 Å². The van der Waals surface area contributed by atoms with Crippen LogP contribution in [0.4, 0.5) is 10.2 Å². The largest absolute Gasteiger partial charge is 0.390 e. The molecular weight excluding hydrogens is 271 g/mol. The van der Waals surface area contributed by atoms with Crippen LogP contribution in [0.5, 0.6) is 0 Å². The van der Waals surface area contributed by atoms with Gasteiger partial charge in [-0.3, -0.25) is 4.79 Å². The van der Waals surface area contributed by atoms with Crippen molar-refractivity contribution in [2.75, 3.05) is 5.32 Å². The van der Waals surface area contributed by atoms with Crippen molar-refractivity contribution in [2.45, 2.75) is 6.61 Å². The van der Waals surface area contributed by atoms with Crippen LogP contribution in [-0.4, -0.2) is 16.0 Å². The van der Waals surface area contributed by atoms with E-state index in [1.807, 2.05) is 0 Å². The maximum absolute atomic E-state index is 13.5. The van der Waals surface area contributed by atoms with Gasteiger partial charge >= 0.3 is 0 Å². The lowest BCUT2D eigenvalue weighted by molar-refractivity contribution is 0.102. The zero-order valence-electron chi connectivity index (χ0n) is 9.73. The standard InChI is InChI=1S/C13H10ClFN2O2/c14-9-4-2-5-10(15)12(9)13(19)17-11-6-1-3-8(7-18)16-11/h1-6,18H,7H2,(H,16,17,19). The molecule has 0 aliphatic carbocycles. The summed E-state index contributed by atoms with van der Waals surface area (Å²) in [5.74, 6) is -1.18. The van der Waals surface area contributed by atoms with Crippen LogP contribution in [0, 0.1) is 5.82 Å². The number of nitrogens with one attached hydrogen (secondary N) is 1. The highest BCUT2D eigenvalue weighted by atomic mass is 35.5. The van der Waals surface area contributed by atoms with Gasteiger partial charge in [0.2, 0.25) is 0 Å². The molecule has 0 saturated heterocycles. The van der Waals surface area contributed by atoms with E-state index in [1.54, 1.807) is 12.1 Å². The Bertz CT molecular complexity index is 599. The second-order valence-electron chi connectivity index (χ2n) is 3.72. The van der Waals surface area contributed by atoms with E-state index in [0.29, 0.717) is 5.69 Å². The molecule has 2 rings (SSSR count). The lowest BCUT2D eigenvalue weighted by atomic mass is 10.2. The van der Waals surface area contributed by atoms with Gasteiger partial charge in [0.25, 0.3) is 5.91 Å². The minimum atomic E-state index is -0.705. The Morgan fingerprint density at radius 1 is 1.32 bits per heavy atom. The van der Waals surface area contributed by atoms with E-state index in [2.05, 4.69) is 10.3 Å². The number of aliphatic hydroxyl groups excluding tert-OH is 1. The van der Waals surface area contributed by atoms with Crippen molar-refractivity contribution in [3.8, 4) is 0 Å². The van der Waals surface area contributed by atoms with Gasteiger partial charge in [0, 0.05) is 0 Å². The van der Waals surface area contributed by atoms with Gasteiger partial charge in [0.05, 0.1) is 22.9 Å². The highest BCUT2D eigenvalue weighted by Crippen LogP contribution is 2.20. The minimum Gasteiger partial charge on any atom is -0.390 e. The summed E-state index contributed by atoms with van der Waals surface area (Å²) in [5.41, 5.74) is 0.165. The molecule has 1 aromatic heterocycles. The maximum atomic E-state index is 13.5. The number of anilines is 1. The Kier molecular flexibility index (Phi) is 4.09. The average Bonchev–Trinajstić information content (AvgIpc) is 2.38. The molecule has 0 aliphatic heterocycles. The lowest BCUT2D eigenvalue weighted by Crippen LogP contribution is -2.15. The molecule has 1 amide bonds. The molecule has 2 N–H and O–H groups in total. The molecule has 0 radical (unpaired) electrons. The number of halogens is 2. The Hall–Kier alpha value is -1.98. The molecule has 4 nitrogen and oxygen atoms in total. The fraction of sp³-hybridized carbons (Fsp3) is 0.0769. The molecule has 98 valence electrons. The molecule has 0 bridgehead atoms. The molecule has 1 aromatic carbocycles. The molecule has 1 heterocycles. The Morgan fingerprint density at radius 3 is 2.74 bits per heavy atom. The number of carbonyl (C=O) groups is 1. The van der Waals surface area contributed by atoms with E-state index in [4.69, 9.17) is 16.7 Å². The van der Waals surface area contributed by atoms with Crippen molar-refractivity contribution in [1.29, 1.82) is 0 Å². The monoisotopic (exact) mass is 280 g/mol. The highest BCUT2D eigenvalue weighted by Gasteiger charge is 2.16. The number of hydrogen-bond donors (Lipinski definition) is 2. The fourth-order valence-electron chi connectivity index (χ4n) is 1.53. The summed E-state index contributed by atoms with van der Waals surface area (Å²) >= 11 is 5.79. The van der Waals surface area contributed by atoms with Crippen molar-refractivity contribution >= 4 is 23.3 Å². The molecule has 0 saturated carbocycles. The molecule has 0 atom stereocenters. The second-order valence-corrected chi connectivity index (χ2v) is 4.13. The number of carbonyl (C=O) groups excluding carboxylic acids is 1. The number of pyridine rings is 1. The third kappa shape index (κ3) is 3.07. The molecule has 0 aliphatic rings. The van der Waals surface area contributed by atoms with Crippen LogP contribution < -0.4 is 5.32 Å².